The zero-order chi connectivity index (χ0) is 8.81. The van der Waals surface area contributed by atoms with Gasteiger partial charge in [-0.05, 0) is 13.0 Å². The van der Waals surface area contributed by atoms with Crippen LogP contribution in [0.25, 0.3) is 0 Å². The zero-order valence-electron chi connectivity index (χ0n) is 6.67. The van der Waals surface area contributed by atoms with Gasteiger partial charge in [0.05, 0.1) is 6.20 Å². The Hall–Kier alpha value is -1.56. The molecule has 0 saturated carbocycles. The van der Waals surface area contributed by atoms with Gasteiger partial charge in [-0.25, -0.2) is 9.37 Å². The van der Waals surface area contributed by atoms with Crippen molar-refractivity contribution < 1.29 is 9.13 Å². The molecule has 0 atom stereocenters. The lowest BCUT2D eigenvalue weighted by molar-refractivity contribution is 0.354. The normalized spacial score (nSPS) is 8.50. The first-order chi connectivity index (χ1) is 5.83. The number of nitrogens with zero attached hydrogens (tertiary/aromatic N) is 1. The minimum atomic E-state index is -0.371. The molecule has 1 heterocycles. The molecular weight excluding hydrogens is 157 g/mol. The second-order valence-corrected chi connectivity index (χ2v) is 2.03. The number of halogens is 1. The lowest BCUT2D eigenvalue weighted by Crippen LogP contribution is -1.95. The summed E-state index contributed by atoms with van der Waals surface area (Å²) in [4.78, 5) is 3.69. The third-order valence-corrected chi connectivity index (χ3v) is 1.17. The first kappa shape index (κ1) is 8.54. The Morgan fingerprint density at radius 2 is 2.42 bits per heavy atom. The lowest BCUT2D eigenvalue weighted by atomic mass is 10.5. The Morgan fingerprint density at radius 1 is 1.58 bits per heavy atom. The molecule has 0 bridgehead atoms. The molecule has 2 nitrogen and oxygen atoms in total. The zero-order valence-corrected chi connectivity index (χ0v) is 6.67. The van der Waals surface area contributed by atoms with Crippen LogP contribution in [0.5, 0.6) is 5.88 Å². The Labute approximate surface area is 70.4 Å². The van der Waals surface area contributed by atoms with Crippen LogP contribution in [-0.4, -0.2) is 11.6 Å². The average Bonchev–Trinajstić information content (AvgIpc) is 2.09. The van der Waals surface area contributed by atoms with Crippen LogP contribution in [0.2, 0.25) is 0 Å². The fourth-order valence-electron chi connectivity index (χ4n) is 0.630. The van der Waals surface area contributed by atoms with Crippen molar-refractivity contribution in [2.45, 2.75) is 6.92 Å². The Bertz CT molecular complexity index is 297. The summed E-state index contributed by atoms with van der Waals surface area (Å²) in [5.74, 6) is 5.39. The molecule has 0 fully saturated rings. The van der Waals surface area contributed by atoms with E-state index in [1.165, 1.54) is 12.1 Å². The van der Waals surface area contributed by atoms with Crippen molar-refractivity contribution in [1.82, 2.24) is 4.98 Å². The summed E-state index contributed by atoms with van der Waals surface area (Å²) in [6.45, 7) is 2.01. The van der Waals surface area contributed by atoms with Crippen LogP contribution in [0.1, 0.15) is 6.92 Å². The molecule has 0 aromatic carbocycles. The highest BCUT2D eigenvalue weighted by Gasteiger charge is 1.93. The van der Waals surface area contributed by atoms with Crippen LogP contribution in [-0.2, 0) is 0 Å². The van der Waals surface area contributed by atoms with Gasteiger partial charge in [-0.2, -0.15) is 0 Å². The third kappa shape index (κ3) is 2.59. The van der Waals surface area contributed by atoms with E-state index in [9.17, 15) is 4.39 Å². The predicted octanol–water partition coefficient (Wildman–Crippen LogP) is 1.62. The highest BCUT2D eigenvalue weighted by Crippen LogP contribution is 2.05. The van der Waals surface area contributed by atoms with Crippen LogP contribution < -0.4 is 4.74 Å². The van der Waals surface area contributed by atoms with Crippen molar-refractivity contribution in [3.8, 4) is 17.7 Å². The van der Waals surface area contributed by atoms with E-state index < -0.39 is 0 Å². The second kappa shape index (κ2) is 4.35. The van der Waals surface area contributed by atoms with Crippen molar-refractivity contribution >= 4 is 0 Å². The summed E-state index contributed by atoms with van der Waals surface area (Å²) < 4.78 is 17.4. The maximum absolute atomic E-state index is 12.3. The van der Waals surface area contributed by atoms with Crippen molar-refractivity contribution in [2.75, 3.05) is 6.61 Å². The van der Waals surface area contributed by atoms with Crippen molar-refractivity contribution in [2.24, 2.45) is 0 Å². The summed E-state index contributed by atoms with van der Waals surface area (Å²) in [7, 11) is 0. The van der Waals surface area contributed by atoms with Gasteiger partial charge in [0.2, 0.25) is 5.88 Å². The van der Waals surface area contributed by atoms with Crippen molar-refractivity contribution in [3.63, 3.8) is 0 Å². The largest absolute Gasteiger partial charge is 0.464 e. The molecule has 1 aromatic heterocycles. The summed E-state index contributed by atoms with van der Waals surface area (Å²) in [5.41, 5.74) is 0. The summed E-state index contributed by atoms with van der Waals surface area (Å²) in [6, 6.07) is 2.76. The van der Waals surface area contributed by atoms with Gasteiger partial charge in [-0.15, -0.1) is 5.92 Å². The highest BCUT2D eigenvalue weighted by atomic mass is 19.1. The summed E-state index contributed by atoms with van der Waals surface area (Å²) in [6.07, 6.45) is 1.11. The average molecular weight is 165 g/mol. The van der Waals surface area contributed by atoms with Crippen LogP contribution in [0.4, 0.5) is 4.39 Å². The standard InChI is InChI=1S/C9H8FNO/c1-2-3-6-12-9-5-4-8(10)7-11-9/h4-5,7H,6H2,1H3. The molecule has 0 radical (unpaired) electrons. The smallest absolute Gasteiger partial charge is 0.214 e. The maximum Gasteiger partial charge on any atom is 0.214 e. The number of pyridine rings is 1. The summed E-state index contributed by atoms with van der Waals surface area (Å²) >= 11 is 0. The van der Waals surface area contributed by atoms with Gasteiger partial charge in [-0.3, -0.25) is 0 Å². The number of ether oxygens (including phenoxy) is 1. The molecule has 1 rings (SSSR count). The molecule has 0 unspecified atom stereocenters. The molecule has 0 aliphatic rings. The molecule has 0 aliphatic heterocycles. The van der Waals surface area contributed by atoms with Gasteiger partial charge in [-0.1, -0.05) is 5.92 Å². The molecule has 0 saturated heterocycles. The molecular formula is C9H8FNO. The van der Waals surface area contributed by atoms with Gasteiger partial charge in [0.15, 0.2) is 6.61 Å². The van der Waals surface area contributed by atoms with Gasteiger partial charge < -0.3 is 4.74 Å². The molecule has 62 valence electrons. The van der Waals surface area contributed by atoms with E-state index in [0.29, 0.717) is 5.88 Å². The predicted molar refractivity (Wildman–Crippen MR) is 43.1 cm³/mol. The number of hydrogen-bond acceptors (Lipinski definition) is 2. The molecule has 0 aliphatic carbocycles. The molecule has 0 amide bonds. The van der Waals surface area contributed by atoms with E-state index in [0.717, 1.165) is 6.20 Å². The molecule has 0 N–H and O–H groups in total. The number of hydrogen-bond donors (Lipinski definition) is 0. The monoisotopic (exact) mass is 165 g/mol. The van der Waals surface area contributed by atoms with Crippen LogP contribution >= 0.6 is 0 Å². The summed E-state index contributed by atoms with van der Waals surface area (Å²) in [5, 5.41) is 0. The lowest BCUT2D eigenvalue weighted by Gasteiger charge is -1.98. The fraction of sp³-hybridized carbons (Fsp3) is 0.222. The van der Waals surface area contributed by atoms with Gasteiger partial charge in [0, 0.05) is 6.07 Å². The maximum atomic E-state index is 12.3. The first-order valence-corrected chi connectivity index (χ1v) is 3.47. The fourth-order valence-corrected chi connectivity index (χ4v) is 0.630. The Kier molecular flexibility index (Phi) is 3.09. The van der Waals surface area contributed by atoms with Gasteiger partial charge in [0.1, 0.15) is 5.82 Å². The highest BCUT2D eigenvalue weighted by molar-refractivity contribution is 5.11. The van der Waals surface area contributed by atoms with Crippen molar-refractivity contribution in [3.05, 3.63) is 24.1 Å². The minimum absolute atomic E-state index is 0.287. The van der Waals surface area contributed by atoms with E-state index in [1.54, 1.807) is 6.92 Å². The van der Waals surface area contributed by atoms with E-state index in [-0.39, 0.29) is 12.4 Å². The van der Waals surface area contributed by atoms with E-state index in [1.807, 2.05) is 0 Å². The first-order valence-electron chi connectivity index (χ1n) is 3.47. The molecule has 12 heavy (non-hydrogen) atoms. The van der Waals surface area contributed by atoms with E-state index in [4.69, 9.17) is 4.74 Å². The van der Waals surface area contributed by atoms with Gasteiger partial charge >= 0.3 is 0 Å². The van der Waals surface area contributed by atoms with E-state index >= 15 is 0 Å². The SMILES string of the molecule is CC#CCOc1ccc(F)cn1. The Balaban J connectivity index is 2.51. The molecule has 0 spiro atoms. The van der Waals surface area contributed by atoms with Crippen LogP contribution in [0.15, 0.2) is 18.3 Å². The topological polar surface area (TPSA) is 22.1 Å². The molecule has 3 heteroatoms. The van der Waals surface area contributed by atoms with Gasteiger partial charge in [0.25, 0.3) is 0 Å². The molecule has 1 aromatic rings. The minimum Gasteiger partial charge on any atom is -0.464 e. The van der Waals surface area contributed by atoms with Crippen LogP contribution in [0.3, 0.4) is 0 Å². The second-order valence-electron chi connectivity index (χ2n) is 2.03. The van der Waals surface area contributed by atoms with Crippen molar-refractivity contribution in [1.29, 1.82) is 0 Å². The third-order valence-electron chi connectivity index (χ3n) is 1.17. The van der Waals surface area contributed by atoms with E-state index in [2.05, 4.69) is 16.8 Å². The quantitative estimate of drug-likeness (QED) is 0.621. The van der Waals surface area contributed by atoms with Crippen LogP contribution in [0, 0.1) is 17.7 Å². The number of rotatable bonds is 2. The number of aromatic nitrogens is 1. The Morgan fingerprint density at radius 3 is 3.00 bits per heavy atom.